The van der Waals surface area contributed by atoms with Crippen molar-refractivity contribution in [2.75, 3.05) is 34.3 Å². The maximum absolute atomic E-state index is 2.46. The summed E-state index contributed by atoms with van der Waals surface area (Å²) in [6.07, 6.45) is 13.7. The van der Waals surface area contributed by atoms with Gasteiger partial charge in [-0.1, -0.05) is 151 Å². The van der Waals surface area contributed by atoms with Gasteiger partial charge < -0.3 is 14.7 Å². The lowest BCUT2D eigenvalue weighted by Gasteiger charge is -2.41. The van der Waals surface area contributed by atoms with Crippen LogP contribution < -0.4 is 14.7 Å². The molecule has 7 aromatic carbocycles. The molecule has 3 aliphatic heterocycles. The van der Waals surface area contributed by atoms with Crippen molar-refractivity contribution in [1.29, 1.82) is 0 Å². The summed E-state index contributed by atoms with van der Waals surface area (Å²) in [5, 5.41) is 0. The van der Waals surface area contributed by atoms with Crippen LogP contribution in [-0.2, 0) is 16.2 Å². The van der Waals surface area contributed by atoms with E-state index in [1.807, 2.05) is 0 Å². The zero-order valence-corrected chi connectivity index (χ0v) is 40.3. The highest BCUT2D eigenvalue weighted by molar-refractivity contribution is 5.85. The normalized spacial score (nSPS) is 16.2. The van der Waals surface area contributed by atoms with Gasteiger partial charge in [0.05, 0.1) is 0 Å². The van der Waals surface area contributed by atoms with Gasteiger partial charge in [-0.05, 0) is 160 Å². The Morgan fingerprint density at radius 1 is 0.288 bits per heavy atom. The largest absolute Gasteiger partial charge is 0.341 e. The number of hydrogen-bond donors (Lipinski definition) is 0. The van der Waals surface area contributed by atoms with Crippen molar-refractivity contribution in [3.63, 3.8) is 0 Å². The maximum atomic E-state index is 2.46. The van der Waals surface area contributed by atoms with E-state index in [0.717, 1.165) is 36.3 Å². The molecule has 330 valence electrons. The SMILES string of the molecule is CCN1c2ccccc2C(C)(C)c2cc(/C=C/c3cc(/C=C/c4ccc5c(c4)C(C)(C)c4ccccc4N5CC)cc(/C=C/c4ccc5c(c4)C(C)(C)c4ccccc4N5CC)c3)ccc21. The lowest BCUT2D eigenvalue weighted by molar-refractivity contribution is 0.625. The van der Waals surface area contributed by atoms with Crippen LogP contribution in [0.4, 0.5) is 34.1 Å². The van der Waals surface area contributed by atoms with E-state index in [2.05, 4.69) is 259 Å². The van der Waals surface area contributed by atoms with Crippen LogP contribution >= 0.6 is 0 Å². The number of para-hydroxylation sites is 3. The number of hydrogen-bond acceptors (Lipinski definition) is 3. The molecular weight excluding hydrogens is 799 g/mol. The third kappa shape index (κ3) is 7.21. The van der Waals surface area contributed by atoms with Crippen molar-refractivity contribution in [2.24, 2.45) is 0 Å². The summed E-state index contributed by atoms with van der Waals surface area (Å²) in [5.74, 6) is 0. The monoisotopic (exact) mass is 862 g/mol. The van der Waals surface area contributed by atoms with Crippen molar-refractivity contribution < 1.29 is 0 Å². The van der Waals surface area contributed by atoms with Gasteiger partial charge in [-0.15, -0.1) is 0 Å². The van der Waals surface area contributed by atoms with E-state index in [4.69, 9.17) is 0 Å². The Morgan fingerprint density at radius 3 is 0.803 bits per heavy atom. The van der Waals surface area contributed by atoms with Crippen molar-refractivity contribution in [1.82, 2.24) is 0 Å². The van der Waals surface area contributed by atoms with E-state index in [1.54, 1.807) is 0 Å². The molecule has 10 rings (SSSR count). The first-order valence-electron chi connectivity index (χ1n) is 24.1. The van der Waals surface area contributed by atoms with Crippen LogP contribution in [0.25, 0.3) is 36.5 Å². The molecule has 0 amide bonds. The molecule has 0 saturated heterocycles. The summed E-state index contributed by atoms with van der Waals surface area (Å²) in [5.41, 5.74) is 22.8. The Balaban J connectivity index is 1.01. The predicted octanol–water partition coefficient (Wildman–Crippen LogP) is 16.6. The van der Waals surface area contributed by atoms with Crippen LogP contribution in [0.3, 0.4) is 0 Å². The molecule has 7 aromatic rings. The number of rotatable bonds is 9. The van der Waals surface area contributed by atoms with Gasteiger partial charge >= 0.3 is 0 Å². The molecule has 0 spiro atoms. The first-order valence-corrected chi connectivity index (χ1v) is 24.1. The van der Waals surface area contributed by atoms with Gasteiger partial charge in [0, 0.05) is 70.0 Å². The minimum Gasteiger partial charge on any atom is -0.341 e. The molecule has 0 fully saturated rings. The van der Waals surface area contributed by atoms with Gasteiger partial charge in [-0.25, -0.2) is 0 Å². The molecule has 66 heavy (non-hydrogen) atoms. The van der Waals surface area contributed by atoms with E-state index in [1.165, 1.54) is 84.2 Å². The Bertz CT molecular complexity index is 2760. The highest BCUT2D eigenvalue weighted by atomic mass is 15.2. The topological polar surface area (TPSA) is 9.72 Å². The lowest BCUT2D eigenvalue weighted by Crippen LogP contribution is -2.32. The summed E-state index contributed by atoms with van der Waals surface area (Å²) in [6, 6.07) is 54.6. The van der Waals surface area contributed by atoms with Gasteiger partial charge in [-0.3, -0.25) is 0 Å². The van der Waals surface area contributed by atoms with Crippen molar-refractivity contribution in [2.45, 2.75) is 78.6 Å². The Kier molecular flexibility index (Phi) is 10.8. The second-order valence-corrected chi connectivity index (χ2v) is 19.9. The highest BCUT2D eigenvalue weighted by Crippen LogP contribution is 2.52. The molecule has 0 N–H and O–H groups in total. The van der Waals surface area contributed by atoms with Crippen molar-refractivity contribution >= 4 is 70.6 Å². The molecule has 0 aromatic heterocycles. The quantitative estimate of drug-likeness (QED) is 0.134. The zero-order valence-electron chi connectivity index (χ0n) is 40.3. The van der Waals surface area contributed by atoms with Gasteiger partial charge in [0.15, 0.2) is 0 Å². The molecule has 3 aliphatic rings. The molecule has 0 bridgehead atoms. The number of anilines is 6. The average molecular weight is 862 g/mol. The van der Waals surface area contributed by atoms with Gasteiger partial charge in [0.1, 0.15) is 0 Å². The van der Waals surface area contributed by atoms with Crippen LogP contribution in [0.15, 0.2) is 146 Å². The second kappa shape index (κ2) is 16.5. The average Bonchev–Trinajstić information content (AvgIpc) is 3.33. The van der Waals surface area contributed by atoms with E-state index in [0.29, 0.717) is 0 Å². The Morgan fingerprint density at radius 2 is 0.530 bits per heavy atom. The van der Waals surface area contributed by atoms with Crippen LogP contribution in [0.2, 0.25) is 0 Å². The fraction of sp³-hybridized carbons (Fsp3) is 0.238. The minimum atomic E-state index is -0.113. The van der Waals surface area contributed by atoms with Gasteiger partial charge in [0.25, 0.3) is 0 Å². The maximum Gasteiger partial charge on any atom is 0.0452 e. The molecule has 3 heteroatoms. The van der Waals surface area contributed by atoms with Gasteiger partial charge in [-0.2, -0.15) is 0 Å². The second-order valence-electron chi connectivity index (χ2n) is 19.9. The van der Waals surface area contributed by atoms with Crippen molar-refractivity contribution in [3.8, 4) is 0 Å². The third-order valence-electron chi connectivity index (χ3n) is 14.9. The fourth-order valence-corrected chi connectivity index (χ4v) is 11.3. The van der Waals surface area contributed by atoms with Crippen LogP contribution in [0.1, 0.15) is 129 Å². The minimum absolute atomic E-state index is 0.113. The summed E-state index contributed by atoms with van der Waals surface area (Å²) in [4.78, 5) is 7.38. The first kappa shape index (κ1) is 43.1. The predicted molar refractivity (Wildman–Crippen MR) is 286 cm³/mol. The molecule has 0 atom stereocenters. The molecule has 0 aliphatic carbocycles. The highest BCUT2D eigenvalue weighted by Gasteiger charge is 2.38. The van der Waals surface area contributed by atoms with E-state index in [9.17, 15) is 0 Å². The number of benzene rings is 7. The molecule has 3 nitrogen and oxygen atoms in total. The molecule has 3 heterocycles. The van der Waals surface area contributed by atoms with E-state index < -0.39 is 0 Å². The Labute approximate surface area is 394 Å². The summed E-state index contributed by atoms with van der Waals surface area (Å²) in [7, 11) is 0. The van der Waals surface area contributed by atoms with Crippen LogP contribution in [0.5, 0.6) is 0 Å². The summed E-state index contributed by atoms with van der Waals surface area (Å²) in [6.45, 7) is 23.7. The first-order chi connectivity index (χ1) is 31.8. The van der Waals surface area contributed by atoms with E-state index >= 15 is 0 Å². The standard InChI is InChI=1S/C63H63N3/c1-10-64-55-22-16-13-19-49(55)61(4,5)52-40-43(31-34-58(52)64)25-28-46-37-47(29-26-44-32-35-59-53(41-44)62(6,7)50-20-14-17-23-56(50)65(59)11-2)39-48(38-46)30-27-45-33-36-60-54(42-45)63(8,9)51-21-15-18-24-57(51)66(60)12-3/h13-42H,10-12H2,1-9H3/b28-25+,29-26+,30-27+. The summed E-state index contributed by atoms with van der Waals surface area (Å²) < 4.78 is 0. The lowest BCUT2D eigenvalue weighted by atomic mass is 9.73. The third-order valence-corrected chi connectivity index (χ3v) is 14.9. The molecule has 0 radical (unpaired) electrons. The fourth-order valence-electron chi connectivity index (χ4n) is 11.3. The van der Waals surface area contributed by atoms with E-state index in [-0.39, 0.29) is 16.2 Å². The zero-order chi connectivity index (χ0) is 46.0. The summed E-state index contributed by atoms with van der Waals surface area (Å²) >= 11 is 0. The molecular formula is C63H63N3. The molecule has 0 saturated carbocycles. The number of nitrogens with zero attached hydrogens (tertiary/aromatic N) is 3. The van der Waals surface area contributed by atoms with Gasteiger partial charge in [0.2, 0.25) is 0 Å². The smallest absolute Gasteiger partial charge is 0.0452 e. The number of fused-ring (bicyclic) bond motifs is 6. The van der Waals surface area contributed by atoms with Crippen LogP contribution in [-0.4, -0.2) is 19.6 Å². The Hall–Kier alpha value is -6.84. The van der Waals surface area contributed by atoms with Crippen molar-refractivity contribution in [3.05, 3.63) is 212 Å². The van der Waals surface area contributed by atoms with Crippen LogP contribution in [0, 0.1) is 0 Å². The molecule has 0 unspecified atom stereocenters.